The van der Waals surface area contributed by atoms with Gasteiger partial charge in [0.1, 0.15) is 11.3 Å². The second-order valence-corrected chi connectivity index (χ2v) is 6.66. The lowest BCUT2D eigenvalue weighted by Gasteiger charge is -2.17. The van der Waals surface area contributed by atoms with E-state index in [-0.39, 0.29) is 18.4 Å². The Morgan fingerprint density at radius 3 is 2.52 bits per heavy atom. The fraction of sp³-hybridized carbons (Fsp3) is 0.300. The van der Waals surface area contributed by atoms with Gasteiger partial charge in [-0.3, -0.25) is 0 Å². The van der Waals surface area contributed by atoms with Crippen molar-refractivity contribution in [2.75, 3.05) is 6.54 Å². The number of carboxylic acids is 1. The van der Waals surface area contributed by atoms with Crippen LogP contribution in [0.2, 0.25) is 5.15 Å². The largest absolute Gasteiger partial charge is 0.478 e. The van der Waals surface area contributed by atoms with E-state index < -0.39 is 12.1 Å². The average Bonchev–Trinajstić information content (AvgIpc) is 2.59. The maximum atomic E-state index is 10.7. The molecule has 1 heterocycles. The van der Waals surface area contributed by atoms with E-state index in [2.05, 4.69) is 10.3 Å². The summed E-state index contributed by atoms with van der Waals surface area (Å²) >= 11 is 5.84. The number of hydrogen-bond acceptors (Lipinski definition) is 4. The monoisotopic (exact) mass is 410 g/mol. The third-order valence-electron chi connectivity index (χ3n) is 4.03. The number of pyridine rings is 1. The molecular formula is C20H24Cl2N2O3. The lowest BCUT2D eigenvalue weighted by molar-refractivity contribution is -0.131. The van der Waals surface area contributed by atoms with Gasteiger partial charge in [0.25, 0.3) is 0 Å². The van der Waals surface area contributed by atoms with Gasteiger partial charge in [-0.15, -0.1) is 12.4 Å². The van der Waals surface area contributed by atoms with E-state index in [4.69, 9.17) is 16.7 Å². The predicted molar refractivity (Wildman–Crippen MR) is 110 cm³/mol. The number of carboxylic acid groups (broad SMARTS) is 1. The minimum atomic E-state index is -0.947. The quantitative estimate of drug-likeness (QED) is 0.454. The molecule has 0 spiro atoms. The number of nitrogens with zero attached hydrogens (tertiary/aromatic N) is 1. The van der Waals surface area contributed by atoms with Gasteiger partial charge < -0.3 is 15.5 Å². The smallest absolute Gasteiger partial charge is 0.328 e. The number of aromatic nitrogens is 1. The lowest BCUT2D eigenvalue weighted by atomic mass is 10.0. The first kappa shape index (κ1) is 23.1. The first-order chi connectivity index (χ1) is 12.3. The molecule has 0 radical (unpaired) electrons. The Hall–Kier alpha value is -1.92. The van der Waals surface area contributed by atoms with Crippen molar-refractivity contribution in [3.05, 3.63) is 70.5 Å². The summed E-state index contributed by atoms with van der Waals surface area (Å²) in [5.41, 5.74) is 3.28. The van der Waals surface area contributed by atoms with Gasteiger partial charge in [-0.05, 0) is 49.1 Å². The summed E-state index contributed by atoms with van der Waals surface area (Å²) in [5.74, 6) is -0.947. The van der Waals surface area contributed by atoms with Crippen LogP contribution in [-0.4, -0.2) is 33.8 Å². The summed E-state index contributed by atoms with van der Waals surface area (Å²) in [4.78, 5) is 14.8. The van der Waals surface area contributed by atoms with Crippen LogP contribution < -0.4 is 5.32 Å². The zero-order chi connectivity index (χ0) is 19.1. The van der Waals surface area contributed by atoms with Crippen LogP contribution in [0.15, 0.2) is 48.5 Å². The molecule has 0 aliphatic rings. The van der Waals surface area contributed by atoms with Crippen LogP contribution in [0.4, 0.5) is 0 Å². The Balaban J connectivity index is 0.00000364. The molecule has 0 bridgehead atoms. The highest BCUT2D eigenvalue weighted by Gasteiger charge is 2.11. The number of aliphatic carboxylic acids is 1. The van der Waals surface area contributed by atoms with Crippen LogP contribution in [0.5, 0.6) is 0 Å². The molecular weight excluding hydrogens is 387 g/mol. The molecule has 7 heteroatoms. The minimum absolute atomic E-state index is 0. The van der Waals surface area contributed by atoms with Crippen molar-refractivity contribution in [2.45, 2.75) is 32.4 Å². The van der Waals surface area contributed by atoms with E-state index in [9.17, 15) is 9.90 Å². The number of aliphatic hydroxyl groups is 1. The maximum Gasteiger partial charge on any atom is 0.328 e. The van der Waals surface area contributed by atoms with E-state index in [1.54, 1.807) is 25.1 Å². The maximum absolute atomic E-state index is 10.7. The molecule has 5 nitrogen and oxygen atoms in total. The molecule has 0 aliphatic carbocycles. The van der Waals surface area contributed by atoms with E-state index in [1.807, 2.05) is 31.2 Å². The van der Waals surface area contributed by atoms with Gasteiger partial charge in [-0.1, -0.05) is 41.9 Å². The van der Waals surface area contributed by atoms with Crippen molar-refractivity contribution in [1.29, 1.82) is 0 Å². The number of allylic oxidation sites excluding steroid dienone is 1. The summed E-state index contributed by atoms with van der Waals surface area (Å²) in [6.07, 6.45) is 1.27. The van der Waals surface area contributed by atoms with E-state index >= 15 is 0 Å². The SMILES string of the molecule is C/C(=C\C(=O)O)c1ccc(C[C@@H](C)NC[C@@H](O)c2cccc(Cl)n2)cc1.Cl. The summed E-state index contributed by atoms with van der Waals surface area (Å²) in [5, 5.41) is 22.6. The van der Waals surface area contributed by atoms with Crippen molar-refractivity contribution in [1.82, 2.24) is 10.3 Å². The molecule has 2 atom stereocenters. The highest BCUT2D eigenvalue weighted by Crippen LogP contribution is 2.16. The first-order valence-corrected chi connectivity index (χ1v) is 8.77. The molecule has 2 aromatic rings. The van der Waals surface area contributed by atoms with Gasteiger partial charge in [-0.25, -0.2) is 9.78 Å². The number of hydrogen-bond donors (Lipinski definition) is 3. The Labute approximate surface area is 170 Å². The molecule has 0 aliphatic heterocycles. The zero-order valence-electron chi connectivity index (χ0n) is 15.2. The Morgan fingerprint density at radius 1 is 1.26 bits per heavy atom. The Morgan fingerprint density at radius 2 is 1.93 bits per heavy atom. The standard InChI is InChI=1S/C20H23ClN2O3.ClH/c1-13(10-20(25)26)16-8-6-15(7-9-16)11-14(2)22-12-18(24)17-4-3-5-19(21)23-17;/h3-10,14,18,22,24H,11-12H2,1-2H3,(H,25,26);1H/b13-10+;/t14-,18-;/m1./s1. The molecule has 0 unspecified atom stereocenters. The number of rotatable bonds is 8. The van der Waals surface area contributed by atoms with Crippen LogP contribution in [0.1, 0.15) is 36.8 Å². The second kappa shape index (κ2) is 11.0. The van der Waals surface area contributed by atoms with Crippen molar-refractivity contribution in [2.24, 2.45) is 0 Å². The minimum Gasteiger partial charge on any atom is -0.478 e. The highest BCUT2D eigenvalue weighted by atomic mass is 35.5. The Kier molecular flexibility index (Phi) is 9.46. The van der Waals surface area contributed by atoms with E-state index in [0.717, 1.165) is 17.5 Å². The molecule has 1 aromatic carbocycles. The molecule has 2 rings (SSSR count). The first-order valence-electron chi connectivity index (χ1n) is 8.39. The number of aliphatic hydroxyl groups excluding tert-OH is 1. The van der Waals surface area contributed by atoms with Crippen LogP contribution in [0.25, 0.3) is 5.57 Å². The van der Waals surface area contributed by atoms with Crippen LogP contribution in [0, 0.1) is 0 Å². The normalized spacial score (nSPS) is 13.6. The lowest BCUT2D eigenvalue weighted by Crippen LogP contribution is -2.32. The van der Waals surface area contributed by atoms with Crippen LogP contribution in [-0.2, 0) is 11.2 Å². The van der Waals surface area contributed by atoms with Crippen molar-refractivity contribution in [3.8, 4) is 0 Å². The fourth-order valence-electron chi connectivity index (χ4n) is 2.62. The highest BCUT2D eigenvalue weighted by molar-refractivity contribution is 6.29. The molecule has 0 saturated carbocycles. The van der Waals surface area contributed by atoms with Crippen LogP contribution >= 0.6 is 24.0 Å². The van der Waals surface area contributed by atoms with Gasteiger partial charge >= 0.3 is 5.97 Å². The Bertz CT molecular complexity index is 779. The van der Waals surface area contributed by atoms with Gasteiger partial charge in [0, 0.05) is 18.7 Å². The number of halogens is 2. The second-order valence-electron chi connectivity index (χ2n) is 6.28. The number of nitrogens with one attached hydrogen (secondary N) is 1. The van der Waals surface area contributed by atoms with E-state index in [0.29, 0.717) is 23.0 Å². The zero-order valence-corrected chi connectivity index (χ0v) is 16.8. The molecule has 0 fully saturated rings. The summed E-state index contributed by atoms with van der Waals surface area (Å²) < 4.78 is 0. The van der Waals surface area contributed by atoms with Gasteiger partial charge in [-0.2, -0.15) is 0 Å². The molecule has 1 aromatic heterocycles. The van der Waals surface area contributed by atoms with Crippen LogP contribution in [0.3, 0.4) is 0 Å². The summed E-state index contributed by atoms with van der Waals surface area (Å²) in [6, 6.07) is 13.1. The fourth-order valence-corrected chi connectivity index (χ4v) is 2.80. The molecule has 0 saturated heterocycles. The topological polar surface area (TPSA) is 82.5 Å². The van der Waals surface area contributed by atoms with Crippen molar-refractivity contribution >= 4 is 35.6 Å². The molecule has 27 heavy (non-hydrogen) atoms. The van der Waals surface area contributed by atoms with Gasteiger partial charge in [0.15, 0.2) is 0 Å². The van der Waals surface area contributed by atoms with Gasteiger partial charge in [0.05, 0.1) is 5.69 Å². The van der Waals surface area contributed by atoms with E-state index in [1.165, 1.54) is 6.08 Å². The number of benzene rings is 1. The summed E-state index contributed by atoms with van der Waals surface area (Å²) in [7, 11) is 0. The molecule has 3 N–H and O–H groups in total. The average molecular weight is 411 g/mol. The van der Waals surface area contributed by atoms with Gasteiger partial charge in [0.2, 0.25) is 0 Å². The predicted octanol–water partition coefficient (Wildman–Crippen LogP) is 3.90. The van der Waals surface area contributed by atoms with Crippen molar-refractivity contribution < 1.29 is 15.0 Å². The third kappa shape index (κ3) is 7.69. The molecule has 0 amide bonds. The summed E-state index contributed by atoms with van der Waals surface area (Å²) in [6.45, 7) is 4.20. The number of carbonyl (C=O) groups is 1. The third-order valence-corrected chi connectivity index (χ3v) is 4.24. The van der Waals surface area contributed by atoms with Crippen molar-refractivity contribution in [3.63, 3.8) is 0 Å². The molecule has 146 valence electrons.